The summed E-state index contributed by atoms with van der Waals surface area (Å²) in [6, 6.07) is 0. The first-order valence-corrected chi connectivity index (χ1v) is 4.36. The van der Waals surface area contributed by atoms with Gasteiger partial charge in [-0.15, -0.1) is 5.92 Å². The van der Waals surface area contributed by atoms with Gasteiger partial charge < -0.3 is 0 Å². The third-order valence-corrected chi connectivity index (χ3v) is 1.91. The molecule has 0 aliphatic heterocycles. The van der Waals surface area contributed by atoms with E-state index in [1.165, 1.54) is 6.92 Å². The van der Waals surface area contributed by atoms with Crippen molar-refractivity contribution in [2.75, 3.05) is 0 Å². The molecule has 0 spiro atoms. The van der Waals surface area contributed by atoms with E-state index in [0.717, 1.165) is 0 Å². The van der Waals surface area contributed by atoms with Crippen LogP contribution in [-0.4, -0.2) is 5.78 Å². The number of ketones is 1. The maximum atomic E-state index is 13.1. The number of halogens is 5. The SMILES string of the molecule is CC#CCC(=O)c1c(F)c(F)c(F)c(F)c1F. The zero-order valence-corrected chi connectivity index (χ0v) is 8.51. The van der Waals surface area contributed by atoms with Gasteiger partial charge in [0, 0.05) is 0 Å². The number of benzene rings is 1. The van der Waals surface area contributed by atoms with Gasteiger partial charge in [-0.3, -0.25) is 4.79 Å². The summed E-state index contributed by atoms with van der Waals surface area (Å²) in [5.41, 5.74) is -1.45. The average Bonchev–Trinajstić information content (AvgIpc) is 2.31. The molecule has 0 saturated carbocycles. The Bertz CT molecular complexity index is 510. The number of rotatable bonds is 2. The van der Waals surface area contributed by atoms with E-state index < -0.39 is 46.9 Å². The Morgan fingerprint density at radius 2 is 1.35 bits per heavy atom. The molecule has 0 fully saturated rings. The minimum Gasteiger partial charge on any atom is -0.293 e. The van der Waals surface area contributed by atoms with Gasteiger partial charge in [0.1, 0.15) is 0 Å². The molecule has 0 saturated heterocycles. The molecule has 6 heteroatoms. The molecule has 0 amide bonds. The van der Waals surface area contributed by atoms with E-state index in [1.54, 1.807) is 0 Å². The largest absolute Gasteiger partial charge is 0.293 e. The summed E-state index contributed by atoms with van der Waals surface area (Å²) in [6.07, 6.45) is -0.616. The summed E-state index contributed by atoms with van der Waals surface area (Å²) >= 11 is 0. The maximum absolute atomic E-state index is 13.1. The van der Waals surface area contributed by atoms with Crippen LogP contribution in [0.2, 0.25) is 0 Å². The lowest BCUT2D eigenvalue weighted by Gasteiger charge is -2.05. The summed E-state index contributed by atoms with van der Waals surface area (Å²) in [4.78, 5) is 11.2. The number of carbonyl (C=O) groups is 1. The summed E-state index contributed by atoms with van der Waals surface area (Å²) in [5.74, 6) is -7.65. The topological polar surface area (TPSA) is 17.1 Å². The van der Waals surface area contributed by atoms with Gasteiger partial charge in [-0.1, -0.05) is 5.92 Å². The van der Waals surface area contributed by atoms with Crippen molar-refractivity contribution in [1.29, 1.82) is 0 Å². The Morgan fingerprint density at radius 1 is 0.941 bits per heavy atom. The van der Waals surface area contributed by atoms with Crippen molar-refractivity contribution in [2.45, 2.75) is 13.3 Å². The molecular formula is C11H5F5O. The Kier molecular flexibility index (Phi) is 3.84. The van der Waals surface area contributed by atoms with Gasteiger partial charge in [0.2, 0.25) is 5.82 Å². The standard InChI is InChI=1S/C11H5F5O/c1-2-3-4-5(17)6-7(12)9(14)11(16)10(15)8(6)13/h4H2,1H3. The first kappa shape index (κ1) is 13.2. The van der Waals surface area contributed by atoms with E-state index in [4.69, 9.17) is 0 Å². The maximum Gasteiger partial charge on any atom is 0.200 e. The molecule has 0 aromatic heterocycles. The minimum absolute atomic E-state index is 0.616. The fourth-order valence-electron chi connectivity index (χ4n) is 1.11. The Morgan fingerprint density at radius 3 is 1.76 bits per heavy atom. The predicted molar refractivity (Wildman–Crippen MR) is 48.6 cm³/mol. The first-order valence-electron chi connectivity index (χ1n) is 4.36. The molecule has 0 radical (unpaired) electrons. The van der Waals surface area contributed by atoms with Crippen LogP contribution < -0.4 is 0 Å². The molecule has 0 aliphatic carbocycles. The fourth-order valence-corrected chi connectivity index (χ4v) is 1.11. The molecule has 0 unspecified atom stereocenters. The van der Waals surface area contributed by atoms with Crippen LogP contribution in [0.4, 0.5) is 22.0 Å². The highest BCUT2D eigenvalue weighted by atomic mass is 19.2. The minimum atomic E-state index is -2.29. The predicted octanol–water partition coefficient (Wildman–Crippen LogP) is 2.98. The molecule has 1 aromatic rings. The zero-order valence-electron chi connectivity index (χ0n) is 8.51. The van der Waals surface area contributed by atoms with Crippen LogP contribution in [0.15, 0.2) is 0 Å². The highest BCUT2D eigenvalue weighted by molar-refractivity contribution is 5.98. The molecule has 0 atom stereocenters. The number of carbonyl (C=O) groups excluding carboxylic acids is 1. The quantitative estimate of drug-likeness (QED) is 0.258. The van der Waals surface area contributed by atoms with Crippen molar-refractivity contribution in [3.63, 3.8) is 0 Å². The molecular weight excluding hydrogens is 243 g/mol. The fraction of sp³-hybridized carbons (Fsp3) is 0.182. The Balaban J connectivity index is 3.42. The lowest BCUT2D eigenvalue weighted by atomic mass is 10.1. The summed E-state index contributed by atoms with van der Waals surface area (Å²) in [7, 11) is 0. The summed E-state index contributed by atoms with van der Waals surface area (Å²) in [5, 5.41) is 0. The lowest BCUT2D eigenvalue weighted by Crippen LogP contribution is -2.12. The number of Topliss-reactive ketones (excluding diaryl/α,β-unsaturated/α-hetero) is 1. The van der Waals surface area contributed by atoms with Crippen molar-refractivity contribution in [3.8, 4) is 11.8 Å². The molecule has 0 bridgehead atoms. The van der Waals surface area contributed by atoms with Crippen molar-refractivity contribution < 1.29 is 26.7 Å². The van der Waals surface area contributed by atoms with Crippen molar-refractivity contribution in [1.82, 2.24) is 0 Å². The second-order valence-corrected chi connectivity index (χ2v) is 2.97. The molecule has 17 heavy (non-hydrogen) atoms. The zero-order chi connectivity index (χ0) is 13.2. The van der Waals surface area contributed by atoms with Crippen LogP contribution >= 0.6 is 0 Å². The van der Waals surface area contributed by atoms with Gasteiger partial charge in [-0.2, -0.15) is 0 Å². The van der Waals surface area contributed by atoms with Crippen LogP contribution in [0.3, 0.4) is 0 Å². The van der Waals surface area contributed by atoms with Gasteiger partial charge in [0.05, 0.1) is 12.0 Å². The van der Waals surface area contributed by atoms with Crippen LogP contribution in [0, 0.1) is 40.9 Å². The lowest BCUT2D eigenvalue weighted by molar-refractivity contribution is 0.0987. The second kappa shape index (κ2) is 4.95. The summed E-state index contributed by atoms with van der Waals surface area (Å²) in [6.45, 7) is 1.37. The van der Waals surface area contributed by atoms with Crippen molar-refractivity contribution >= 4 is 5.78 Å². The number of hydrogen-bond donors (Lipinski definition) is 0. The second-order valence-electron chi connectivity index (χ2n) is 2.97. The molecule has 0 N–H and O–H groups in total. The van der Waals surface area contributed by atoms with Gasteiger partial charge in [0.15, 0.2) is 29.1 Å². The average molecular weight is 248 g/mol. The third kappa shape index (κ3) is 2.28. The van der Waals surface area contributed by atoms with E-state index in [0.29, 0.717) is 0 Å². The van der Waals surface area contributed by atoms with Crippen LogP contribution in [-0.2, 0) is 0 Å². The Labute approximate surface area is 93.2 Å². The van der Waals surface area contributed by atoms with Crippen LogP contribution in [0.25, 0.3) is 0 Å². The van der Waals surface area contributed by atoms with Gasteiger partial charge in [-0.05, 0) is 6.92 Å². The summed E-state index contributed by atoms with van der Waals surface area (Å²) < 4.78 is 64.3. The van der Waals surface area contributed by atoms with Crippen molar-refractivity contribution in [2.24, 2.45) is 0 Å². The number of hydrogen-bond acceptors (Lipinski definition) is 1. The highest BCUT2D eigenvalue weighted by Crippen LogP contribution is 2.23. The van der Waals surface area contributed by atoms with Gasteiger partial charge in [-0.25, -0.2) is 22.0 Å². The first-order chi connectivity index (χ1) is 7.91. The molecule has 1 rings (SSSR count). The molecule has 0 aliphatic rings. The van der Waals surface area contributed by atoms with E-state index in [2.05, 4.69) is 11.8 Å². The smallest absolute Gasteiger partial charge is 0.200 e. The van der Waals surface area contributed by atoms with Crippen molar-refractivity contribution in [3.05, 3.63) is 34.6 Å². The van der Waals surface area contributed by atoms with E-state index in [-0.39, 0.29) is 0 Å². The highest BCUT2D eigenvalue weighted by Gasteiger charge is 2.28. The molecule has 1 aromatic carbocycles. The normalized spacial score (nSPS) is 9.76. The molecule has 90 valence electrons. The van der Waals surface area contributed by atoms with E-state index in [1.807, 2.05) is 0 Å². The third-order valence-electron chi connectivity index (χ3n) is 1.91. The van der Waals surface area contributed by atoms with E-state index in [9.17, 15) is 26.7 Å². The Hall–Kier alpha value is -1.90. The molecule has 0 heterocycles. The van der Waals surface area contributed by atoms with Gasteiger partial charge in [0.25, 0.3) is 0 Å². The van der Waals surface area contributed by atoms with E-state index >= 15 is 0 Å². The monoisotopic (exact) mass is 248 g/mol. The van der Waals surface area contributed by atoms with Crippen LogP contribution in [0.5, 0.6) is 0 Å². The molecule has 1 nitrogen and oxygen atoms in total. The van der Waals surface area contributed by atoms with Crippen LogP contribution in [0.1, 0.15) is 23.7 Å². The van der Waals surface area contributed by atoms with Gasteiger partial charge >= 0.3 is 0 Å².